The lowest BCUT2D eigenvalue weighted by Crippen LogP contribution is -2.52. The number of halogens is 1. The molecule has 0 spiro atoms. The number of carbonyl (C=O) groups is 3. The molecule has 8 aromatic rings. The van der Waals surface area contributed by atoms with Crippen LogP contribution in [0.3, 0.4) is 0 Å². The molecule has 0 unspecified atom stereocenters. The fourth-order valence-corrected chi connectivity index (χ4v) is 15.6. The van der Waals surface area contributed by atoms with Crippen LogP contribution < -0.4 is 31.1 Å². The molecule has 3 amide bonds. The predicted octanol–water partition coefficient (Wildman–Crippen LogP) is 9.56. The third-order valence-corrected chi connectivity index (χ3v) is 20.8. The van der Waals surface area contributed by atoms with Crippen molar-refractivity contribution in [3.8, 4) is 17.6 Å². The van der Waals surface area contributed by atoms with Crippen molar-refractivity contribution in [1.82, 2.24) is 39.1 Å². The van der Waals surface area contributed by atoms with Gasteiger partial charge in [0, 0.05) is 67.6 Å². The maximum Gasteiger partial charge on any atom is 0.351 e. The topological polar surface area (TPSA) is 265 Å². The summed E-state index contributed by atoms with van der Waals surface area (Å²) in [5.41, 5.74) is 0.0916. The summed E-state index contributed by atoms with van der Waals surface area (Å²) in [5, 5.41) is 18.5. The number of fused-ring (bicyclic) bond motifs is 1. The highest BCUT2D eigenvalue weighted by Crippen LogP contribution is 2.61. The van der Waals surface area contributed by atoms with Crippen LogP contribution in [0.5, 0.6) is 11.5 Å². The Kier molecular flexibility index (Phi) is 20.1. The van der Waals surface area contributed by atoms with Crippen molar-refractivity contribution in [3.63, 3.8) is 0 Å². The van der Waals surface area contributed by atoms with Crippen LogP contribution in [0.2, 0.25) is 0 Å². The zero-order chi connectivity index (χ0) is 63.7. The maximum atomic E-state index is 18.0. The van der Waals surface area contributed by atoms with Gasteiger partial charge in [0.15, 0.2) is 42.9 Å². The monoisotopic (exact) mass is 1240 g/mol. The SMILES string of the molecule is COc1ccc(C(OC[C@H]2O[C@@H](n3ccc(NC(=O)c4ccccc4)nc3=O)[C@H](F)[C@@H]2CC(=O)NC[C@H]2O[C@@H](n3cnc4c(NC(=O)c5ccccc5)ncnc43)[C@H](OC)[C@@H]2N(CCC#N)P(=O)(C(C)C)C(C)C)(c2ccccc2)c2ccc(OC)cc2)cc1. The molecule has 3 N–H and O–H groups in total. The second kappa shape index (κ2) is 28.2. The Morgan fingerprint density at radius 2 is 1.30 bits per heavy atom. The number of hydrogen-bond acceptors (Lipinski definition) is 16. The van der Waals surface area contributed by atoms with Gasteiger partial charge in [0.2, 0.25) is 5.91 Å². The van der Waals surface area contributed by atoms with E-state index in [0.717, 1.165) is 4.57 Å². The van der Waals surface area contributed by atoms with Gasteiger partial charge in [0.25, 0.3) is 11.8 Å². The van der Waals surface area contributed by atoms with Gasteiger partial charge < -0.3 is 48.9 Å². The van der Waals surface area contributed by atoms with Gasteiger partial charge in [0.05, 0.1) is 51.5 Å². The standard InChI is InChI=1S/C66H71FN11O11P/c1-41(2)90(83,42(3)4)78(34-17-33-68)57-51(88-64(58(57)86-7)77-40-72-56-59(70-39-71-60(56)77)75-62(81)44-20-13-9-14-21-44)37-69-54(79)36-50-52(89-63(55(50)67)76-35-32-53(74-65(76)82)73-61(80)43-18-11-8-12-19-43)38-87-66(45-22-15-10-16-23-45,46-24-28-48(84-5)29-25-46)47-26-30-49(85-6)31-27-47/h8-16,18-32,35,39-42,50-52,55,57-58,63-64H,17,34,36-38H2,1-7H3,(H,69,79)(H,70,71,75,81)(H,73,74,80,82)/t50-,51-,52-,55-,57-,58-,63-,64-/m1/s1. The van der Waals surface area contributed by atoms with Gasteiger partial charge >= 0.3 is 5.69 Å². The van der Waals surface area contributed by atoms with Crippen LogP contribution in [0, 0.1) is 17.2 Å². The van der Waals surface area contributed by atoms with Crippen LogP contribution >= 0.6 is 7.29 Å². The van der Waals surface area contributed by atoms with E-state index >= 15 is 8.96 Å². The highest BCUT2D eigenvalue weighted by Gasteiger charge is 2.55. The molecule has 2 saturated heterocycles. The van der Waals surface area contributed by atoms with E-state index in [1.54, 1.807) is 104 Å². The molecule has 0 saturated carbocycles. The first kappa shape index (κ1) is 64.0. The van der Waals surface area contributed by atoms with Crippen molar-refractivity contribution in [2.75, 3.05) is 51.7 Å². The van der Waals surface area contributed by atoms with Crippen LogP contribution in [0.25, 0.3) is 11.2 Å². The van der Waals surface area contributed by atoms with E-state index in [-0.39, 0.29) is 48.9 Å². The number of ether oxygens (including phenoxy) is 6. The third kappa shape index (κ3) is 13.0. The van der Waals surface area contributed by atoms with Gasteiger partial charge in [-0.1, -0.05) is 119 Å². The summed E-state index contributed by atoms with van der Waals surface area (Å²) in [6.45, 7) is 6.93. The zero-order valence-corrected chi connectivity index (χ0v) is 51.7. The number of anilines is 2. The molecule has 2 fully saturated rings. The number of nitrogens with zero attached hydrogens (tertiary/aromatic N) is 8. The van der Waals surface area contributed by atoms with E-state index in [9.17, 15) is 24.4 Å². The highest BCUT2D eigenvalue weighted by atomic mass is 31.2. The molecule has 0 aliphatic carbocycles. The van der Waals surface area contributed by atoms with E-state index < -0.39 is 103 Å². The quantitative estimate of drug-likeness (QED) is 0.0355. The largest absolute Gasteiger partial charge is 0.497 e. The molecule has 10 rings (SSSR count). The molecule has 90 heavy (non-hydrogen) atoms. The van der Waals surface area contributed by atoms with Gasteiger partial charge in [0.1, 0.15) is 35.3 Å². The van der Waals surface area contributed by atoms with E-state index in [1.165, 1.54) is 32.0 Å². The molecule has 8 atom stereocenters. The second-order valence-electron chi connectivity index (χ2n) is 22.4. The minimum Gasteiger partial charge on any atom is -0.497 e. The summed E-state index contributed by atoms with van der Waals surface area (Å²) in [4.78, 5) is 73.1. The summed E-state index contributed by atoms with van der Waals surface area (Å²) < 4.78 is 76.3. The summed E-state index contributed by atoms with van der Waals surface area (Å²) in [6.07, 6.45) is -4.39. The molecule has 24 heteroatoms. The molecular formula is C66H71FN11O11P. The summed E-state index contributed by atoms with van der Waals surface area (Å²) in [7, 11) is 1.18. The van der Waals surface area contributed by atoms with E-state index in [1.807, 2.05) is 87.0 Å². The van der Waals surface area contributed by atoms with Crippen molar-refractivity contribution < 1.29 is 51.8 Å². The number of benzene rings is 5. The Hall–Kier alpha value is -9.01. The van der Waals surface area contributed by atoms with Crippen LogP contribution in [0.4, 0.5) is 16.0 Å². The average molecular weight is 1240 g/mol. The number of methoxy groups -OCH3 is 3. The second-order valence-corrected chi connectivity index (χ2v) is 26.3. The minimum atomic E-state index is -3.43. The lowest BCUT2D eigenvalue weighted by molar-refractivity contribution is -0.124. The molecule has 2 aliphatic heterocycles. The summed E-state index contributed by atoms with van der Waals surface area (Å²) in [6, 6.07) is 43.8. The molecular weight excluding hydrogens is 1170 g/mol. The summed E-state index contributed by atoms with van der Waals surface area (Å²) >= 11 is 0. The smallest absolute Gasteiger partial charge is 0.351 e. The Bertz CT molecular complexity index is 3870. The molecule has 3 aromatic heterocycles. The number of nitriles is 1. The fraction of sp³-hybridized carbons (Fsp3) is 0.348. The van der Waals surface area contributed by atoms with E-state index in [4.69, 9.17) is 28.4 Å². The molecule has 5 aromatic carbocycles. The molecule has 468 valence electrons. The number of rotatable bonds is 25. The lowest BCUT2D eigenvalue weighted by Gasteiger charge is -2.43. The van der Waals surface area contributed by atoms with Gasteiger partial charge in [-0.25, -0.2) is 28.8 Å². The van der Waals surface area contributed by atoms with Gasteiger partial charge in [-0.05, 0) is 71.3 Å². The van der Waals surface area contributed by atoms with Crippen molar-refractivity contribution >= 4 is 47.8 Å². The van der Waals surface area contributed by atoms with Crippen LogP contribution in [-0.2, 0) is 33.9 Å². The molecule has 0 radical (unpaired) electrons. The van der Waals surface area contributed by atoms with Crippen molar-refractivity contribution in [2.45, 2.75) is 100 Å². The number of imidazole rings is 1. The number of nitrogens with one attached hydrogen (secondary N) is 3. The van der Waals surface area contributed by atoms with Gasteiger partial charge in [-0.15, -0.1) is 0 Å². The minimum absolute atomic E-state index is 0.0118. The van der Waals surface area contributed by atoms with Gasteiger partial charge in [-0.2, -0.15) is 10.2 Å². The first-order valence-electron chi connectivity index (χ1n) is 29.5. The predicted molar refractivity (Wildman–Crippen MR) is 334 cm³/mol. The van der Waals surface area contributed by atoms with E-state index in [0.29, 0.717) is 39.3 Å². The van der Waals surface area contributed by atoms with Gasteiger partial charge in [-0.3, -0.25) is 23.5 Å². The molecule has 5 heterocycles. The fourth-order valence-electron chi connectivity index (χ4n) is 12.1. The van der Waals surface area contributed by atoms with Crippen LogP contribution in [0.1, 0.15) is 90.4 Å². The van der Waals surface area contributed by atoms with Crippen LogP contribution in [0.15, 0.2) is 169 Å². The van der Waals surface area contributed by atoms with E-state index in [2.05, 4.69) is 42.0 Å². The highest BCUT2D eigenvalue weighted by molar-refractivity contribution is 7.62. The molecule has 2 aliphatic rings. The maximum absolute atomic E-state index is 18.0. The first-order chi connectivity index (χ1) is 43.5. The third-order valence-electron chi connectivity index (χ3n) is 16.6. The molecule has 22 nitrogen and oxygen atoms in total. The number of aromatic nitrogens is 6. The summed E-state index contributed by atoms with van der Waals surface area (Å²) in [5.74, 6) is -1.65. The normalized spacial score (nSPS) is 20.1. The Balaban J connectivity index is 0.995. The number of amides is 3. The van der Waals surface area contributed by atoms with Crippen LogP contribution in [-0.4, -0.2) is 134 Å². The average Bonchev–Trinajstić information content (AvgIpc) is 1.01. The Labute approximate surface area is 520 Å². The Morgan fingerprint density at radius 1 is 0.733 bits per heavy atom. The van der Waals surface area contributed by atoms with Crippen molar-refractivity contribution in [3.05, 3.63) is 203 Å². The zero-order valence-electron chi connectivity index (χ0n) is 50.8. The first-order valence-corrected chi connectivity index (χ1v) is 31.3. The molecule has 0 bridgehead atoms. The van der Waals surface area contributed by atoms with Crippen molar-refractivity contribution in [1.29, 1.82) is 5.26 Å². The lowest BCUT2D eigenvalue weighted by atomic mass is 9.80. The number of alkyl halides is 1. The number of hydrogen-bond donors (Lipinski definition) is 3. The Morgan fingerprint density at radius 3 is 1.86 bits per heavy atom. The van der Waals surface area contributed by atoms with Crippen molar-refractivity contribution in [2.24, 2.45) is 5.92 Å². The number of carbonyl (C=O) groups excluding carboxylic acids is 3.